The van der Waals surface area contributed by atoms with Crippen LogP contribution in [0.1, 0.15) is 38.2 Å². The summed E-state index contributed by atoms with van der Waals surface area (Å²) < 4.78 is 10.9. The predicted octanol–water partition coefficient (Wildman–Crippen LogP) is 3.76. The summed E-state index contributed by atoms with van der Waals surface area (Å²) >= 11 is 0. The van der Waals surface area contributed by atoms with Crippen LogP contribution in [-0.4, -0.2) is 36.1 Å². The monoisotopic (exact) mass is 409 g/mol. The van der Waals surface area contributed by atoms with Gasteiger partial charge >= 0.3 is 0 Å². The van der Waals surface area contributed by atoms with Crippen molar-refractivity contribution < 1.29 is 19.1 Å². The molecule has 2 aromatic rings. The molecule has 2 amide bonds. The van der Waals surface area contributed by atoms with Crippen LogP contribution in [0.15, 0.2) is 42.5 Å². The van der Waals surface area contributed by atoms with Gasteiger partial charge in [0.15, 0.2) is 11.5 Å². The Morgan fingerprint density at radius 1 is 0.967 bits per heavy atom. The Balaban J connectivity index is 1.40. The van der Waals surface area contributed by atoms with Gasteiger partial charge in [-0.2, -0.15) is 0 Å². The van der Waals surface area contributed by atoms with E-state index in [0.29, 0.717) is 30.5 Å². The summed E-state index contributed by atoms with van der Waals surface area (Å²) in [6, 6.07) is 13.5. The van der Waals surface area contributed by atoms with E-state index in [-0.39, 0.29) is 18.6 Å². The summed E-state index contributed by atoms with van der Waals surface area (Å²) in [6.45, 7) is 2.74. The fourth-order valence-corrected chi connectivity index (χ4v) is 4.08. The van der Waals surface area contributed by atoms with Crippen molar-refractivity contribution in [3.63, 3.8) is 0 Å². The highest BCUT2D eigenvalue weighted by Crippen LogP contribution is 2.33. The Morgan fingerprint density at radius 3 is 2.33 bits per heavy atom. The maximum absolute atomic E-state index is 12.8. The fraction of sp³-hybridized carbons (Fsp3) is 0.391. The molecule has 1 aliphatic carbocycles. The number of anilines is 2. The molecular weight excluding hydrogens is 382 g/mol. The third-order valence-electron chi connectivity index (χ3n) is 5.50. The van der Waals surface area contributed by atoms with E-state index in [2.05, 4.69) is 15.5 Å². The van der Waals surface area contributed by atoms with Crippen LogP contribution in [0.3, 0.4) is 0 Å². The average Bonchev–Trinajstić information content (AvgIpc) is 3.40. The molecule has 30 heavy (non-hydrogen) atoms. The molecule has 1 heterocycles. The molecule has 1 aliphatic heterocycles. The smallest absolute Gasteiger partial charge is 0.238 e. The number of fused-ring (bicyclic) bond motifs is 1. The second-order valence-corrected chi connectivity index (χ2v) is 7.84. The molecule has 0 radical (unpaired) electrons. The Kier molecular flexibility index (Phi) is 6.18. The summed E-state index contributed by atoms with van der Waals surface area (Å²) in [5.41, 5.74) is 2.53. The van der Waals surface area contributed by atoms with Crippen molar-refractivity contribution in [2.45, 2.75) is 45.2 Å². The van der Waals surface area contributed by atoms with Gasteiger partial charge < -0.3 is 20.1 Å². The molecule has 0 atom stereocenters. The number of rotatable bonds is 7. The molecule has 0 unspecified atom stereocenters. The van der Waals surface area contributed by atoms with Crippen molar-refractivity contribution in [3.05, 3.63) is 48.0 Å². The van der Waals surface area contributed by atoms with Gasteiger partial charge in [0.25, 0.3) is 0 Å². The molecule has 0 bridgehead atoms. The summed E-state index contributed by atoms with van der Waals surface area (Å²) in [6.07, 6.45) is 4.63. The van der Waals surface area contributed by atoms with Gasteiger partial charge in [0.2, 0.25) is 18.6 Å². The number of nitrogens with zero attached hydrogens (tertiary/aromatic N) is 1. The van der Waals surface area contributed by atoms with Crippen LogP contribution in [-0.2, 0) is 16.1 Å². The summed E-state index contributed by atoms with van der Waals surface area (Å²) in [7, 11) is 0. The molecule has 0 saturated heterocycles. The Hall–Kier alpha value is -3.06. The lowest BCUT2D eigenvalue weighted by Crippen LogP contribution is -2.39. The molecule has 1 fully saturated rings. The highest BCUT2D eigenvalue weighted by atomic mass is 16.7. The van der Waals surface area contributed by atoms with Gasteiger partial charge in [-0.25, -0.2) is 0 Å². The zero-order valence-electron chi connectivity index (χ0n) is 17.1. The zero-order valence-corrected chi connectivity index (χ0v) is 17.1. The van der Waals surface area contributed by atoms with E-state index in [4.69, 9.17) is 9.47 Å². The third kappa shape index (κ3) is 5.10. The number of ether oxygens (including phenoxy) is 2. The standard InChI is InChI=1S/C23H27N3O4/c1-16(27)24-18-7-9-19(10-8-18)25-23(28)14-26(20-4-2-3-5-20)13-17-6-11-21-22(12-17)30-15-29-21/h6-12,20H,2-5,13-15H2,1H3,(H,24,27)(H,25,28). The lowest BCUT2D eigenvalue weighted by molar-refractivity contribution is -0.118. The maximum Gasteiger partial charge on any atom is 0.238 e. The van der Waals surface area contributed by atoms with Crippen LogP contribution in [0.25, 0.3) is 0 Å². The van der Waals surface area contributed by atoms with E-state index >= 15 is 0 Å². The molecule has 1 saturated carbocycles. The number of carbonyl (C=O) groups is 2. The molecule has 7 heteroatoms. The minimum atomic E-state index is -0.123. The molecule has 2 N–H and O–H groups in total. The molecule has 0 aromatic heterocycles. The Bertz CT molecular complexity index is 907. The third-order valence-corrected chi connectivity index (χ3v) is 5.50. The lowest BCUT2D eigenvalue weighted by atomic mass is 10.1. The van der Waals surface area contributed by atoms with Gasteiger partial charge in [0.1, 0.15) is 0 Å². The van der Waals surface area contributed by atoms with Crippen molar-refractivity contribution in [1.29, 1.82) is 0 Å². The lowest BCUT2D eigenvalue weighted by Gasteiger charge is -2.28. The number of benzene rings is 2. The average molecular weight is 409 g/mol. The van der Waals surface area contributed by atoms with Crippen LogP contribution < -0.4 is 20.1 Å². The van der Waals surface area contributed by atoms with Crippen molar-refractivity contribution in [2.75, 3.05) is 24.0 Å². The highest BCUT2D eigenvalue weighted by molar-refractivity contribution is 5.93. The van der Waals surface area contributed by atoms with Crippen LogP contribution in [0, 0.1) is 0 Å². The van der Waals surface area contributed by atoms with Crippen molar-refractivity contribution in [1.82, 2.24) is 4.90 Å². The normalized spacial score (nSPS) is 15.4. The number of nitrogens with one attached hydrogen (secondary N) is 2. The Labute approximate surface area is 176 Å². The molecule has 158 valence electrons. The predicted molar refractivity (Wildman–Crippen MR) is 115 cm³/mol. The van der Waals surface area contributed by atoms with Crippen molar-refractivity contribution >= 4 is 23.2 Å². The number of hydrogen-bond acceptors (Lipinski definition) is 5. The van der Waals surface area contributed by atoms with Crippen molar-refractivity contribution in [3.8, 4) is 11.5 Å². The summed E-state index contributed by atoms with van der Waals surface area (Å²) in [4.78, 5) is 26.1. The van der Waals surface area contributed by atoms with Gasteiger partial charge in [-0.3, -0.25) is 14.5 Å². The number of amides is 2. The van der Waals surface area contributed by atoms with Gasteiger partial charge in [-0.05, 0) is 54.8 Å². The fourth-order valence-electron chi connectivity index (χ4n) is 4.08. The zero-order chi connectivity index (χ0) is 20.9. The largest absolute Gasteiger partial charge is 0.454 e. The first-order valence-corrected chi connectivity index (χ1v) is 10.4. The second kappa shape index (κ2) is 9.17. The molecule has 7 nitrogen and oxygen atoms in total. The molecule has 4 rings (SSSR count). The van der Waals surface area contributed by atoms with E-state index in [0.717, 1.165) is 29.9 Å². The van der Waals surface area contributed by atoms with Gasteiger partial charge in [0, 0.05) is 30.9 Å². The number of hydrogen-bond donors (Lipinski definition) is 2. The van der Waals surface area contributed by atoms with E-state index in [1.165, 1.54) is 19.8 Å². The minimum absolute atomic E-state index is 0.0464. The highest BCUT2D eigenvalue weighted by Gasteiger charge is 2.25. The van der Waals surface area contributed by atoms with Crippen molar-refractivity contribution in [2.24, 2.45) is 0 Å². The molecule has 0 spiro atoms. The van der Waals surface area contributed by atoms with Crippen LogP contribution in [0.4, 0.5) is 11.4 Å². The summed E-state index contributed by atoms with van der Waals surface area (Å²) in [5.74, 6) is 1.37. The first-order valence-electron chi connectivity index (χ1n) is 10.4. The topological polar surface area (TPSA) is 79.9 Å². The molecule has 2 aliphatic rings. The van der Waals surface area contributed by atoms with Crippen LogP contribution in [0.2, 0.25) is 0 Å². The van der Waals surface area contributed by atoms with Gasteiger partial charge in [-0.1, -0.05) is 18.9 Å². The summed E-state index contributed by atoms with van der Waals surface area (Å²) in [5, 5.41) is 5.69. The second-order valence-electron chi connectivity index (χ2n) is 7.84. The maximum atomic E-state index is 12.8. The van der Waals surface area contributed by atoms with Crippen LogP contribution >= 0.6 is 0 Å². The van der Waals surface area contributed by atoms with Gasteiger partial charge in [-0.15, -0.1) is 0 Å². The first-order chi connectivity index (χ1) is 14.6. The van der Waals surface area contributed by atoms with E-state index < -0.39 is 0 Å². The molecule has 2 aromatic carbocycles. The Morgan fingerprint density at radius 2 is 1.63 bits per heavy atom. The molecular formula is C23H27N3O4. The SMILES string of the molecule is CC(=O)Nc1ccc(NC(=O)CN(Cc2ccc3c(c2)OCO3)C2CCCC2)cc1. The minimum Gasteiger partial charge on any atom is -0.454 e. The van der Waals surface area contributed by atoms with E-state index in [1.807, 2.05) is 18.2 Å². The quantitative estimate of drug-likeness (QED) is 0.728. The van der Waals surface area contributed by atoms with E-state index in [9.17, 15) is 9.59 Å². The van der Waals surface area contributed by atoms with Gasteiger partial charge in [0.05, 0.1) is 6.54 Å². The van der Waals surface area contributed by atoms with E-state index in [1.54, 1.807) is 24.3 Å². The first kappa shape index (κ1) is 20.2. The van der Waals surface area contributed by atoms with Crippen LogP contribution in [0.5, 0.6) is 11.5 Å². The number of carbonyl (C=O) groups excluding carboxylic acids is 2.